The van der Waals surface area contributed by atoms with Crippen molar-refractivity contribution < 1.29 is 22.8 Å². The normalized spacial score (nSPS) is 19.6. The van der Waals surface area contributed by atoms with Gasteiger partial charge in [-0.25, -0.2) is 13.2 Å². The van der Waals surface area contributed by atoms with Gasteiger partial charge in [0.2, 0.25) is 15.9 Å². The van der Waals surface area contributed by atoms with E-state index in [1.54, 1.807) is 32.9 Å². The van der Waals surface area contributed by atoms with Gasteiger partial charge in [0.05, 0.1) is 4.90 Å². The molecular formula is C24H28N4O5S. The van der Waals surface area contributed by atoms with Crippen LogP contribution in [0.4, 0.5) is 10.5 Å². The zero-order valence-corrected chi connectivity index (χ0v) is 20.2. The molecule has 1 aliphatic heterocycles. The van der Waals surface area contributed by atoms with E-state index in [0.717, 1.165) is 16.0 Å². The quantitative estimate of drug-likeness (QED) is 0.586. The molecule has 0 bridgehead atoms. The van der Waals surface area contributed by atoms with Crippen LogP contribution in [-0.4, -0.2) is 55.1 Å². The van der Waals surface area contributed by atoms with Gasteiger partial charge in [-0.1, -0.05) is 44.2 Å². The molecule has 1 saturated heterocycles. The van der Waals surface area contributed by atoms with Gasteiger partial charge in [0.15, 0.2) is 0 Å². The number of carbonyl (C=O) groups is 3. The SMILES string of the molecule is CCN(CC)S(=O)(=O)c1cc(NC(=O)CN2C(=O)N[C@]3(CCc4ccccc43)C2=O)ccc1C. The van der Waals surface area contributed by atoms with Crippen molar-refractivity contribution in [2.45, 2.75) is 44.0 Å². The van der Waals surface area contributed by atoms with Gasteiger partial charge in [-0.05, 0) is 48.6 Å². The van der Waals surface area contributed by atoms with Crippen LogP contribution in [0.3, 0.4) is 0 Å². The minimum atomic E-state index is -3.72. The number of fused-ring (bicyclic) bond motifs is 2. The predicted octanol–water partition coefficient (Wildman–Crippen LogP) is 2.36. The first-order chi connectivity index (χ1) is 16.1. The highest BCUT2D eigenvalue weighted by atomic mass is 32.2. The summed E-state index contributed by atoms with van der Waals surface area (Å²) in [5.74, 6) is -1.05. The van der Waals surface area contributed by atoms with Crippen LogP contribution in [0.25, 0.3) is 0 Å². The lowest BCUT2D eigenvalue weighted by Gasteiger charge is -2.22. The molecule has 1 aliphatic carbocycles. The third kappa shape index (κ3) is 3.86. The van der Waals surface area contributed by atoms with Gasteiger partial charge in [0.25, 0.3) is 5.91 Å². The van der Waals surface area contributed by atoms with Crippen LogP contribution in [0.1, 0.15) is 37.0 Å². The van der Waals surface area contributed by atoms with Gasteiger partial charge in [0, 0.05) is 18.8 Å². The van der Waals surface area contributed by atoms with Crippen LogP contribution >= 0.6 is 0 Å². The van der Waals surface area contributed by atoms with Crippen molar-refractivity contribution in [3.05, 3.63) is 59.2 Å². The van der Waals surface area contributed by atoms with E-state index in [9.17, 15) is 22.8 Å². The van der Waals surface area contributed by atoms with Gasteiger partial charge < -0.3 is 10.6 Å². The minimum absolute atomic E-state index is 0.102. The Kier molecular flexibility index (Phi) is 6.22. The second kappa shape index (κ2) is 8.84. The summed E-state index contributed by atoms with van der Waals surface area (Å²) in [6.07, 6.45) is 1.11. The molecule has 2 N–H and O–H groups in total. The molecular weight excluding hydrogens is 456 g/mol. The summed E-state index contributed by atoms with van der Waals surface area (Å²) >= 11 is 0. The fourth-order valence-corrected chi connectivity index (χ4v) is 6.44. The van der Waals surface area contributed by atoms with E-state index in [2.05, 4.69) is 10.6 Å². The average Bonchev–Trinajstić information content (AvgIpc) is 3.28. The number of anilines is 1. The van der Waals surface area contributed by atoms with Gasteiger partial charge in [-0.3, -0.25) is 14.5 Å². The number of carbonyl (C=O) groups excluding carboxylic acids is 3. The molecule has 1 fully saturated rings. The fraction of sp³-hybridized carbons (Fsp3) is 0.375. The minimum Gasteiger partial charge on any atom is -0.324 e. The first-order valence-corrected chi connectivity index (χ1v) is 12.7. The number of aryl methyl sites for hydroxylation is 2. The molecule has 4 rings (SSSR count). The summed E-state index contributed by atoms with van der Waals surface area (Å²) in [6.45, 7) is 5.39. The monoisotopic (exact) mass is 484 g/mol. The van der Waals surface area contributed by atoms with Crippen LogP contribution in [0.15, 0.2) is 47.4 Å². The van der Waals surface area contributed by atoms with E-state index >= 15 is 0 Å². The molecule has 1 spiro atoms. The van der Waals surface area contributed by atoms with E-state index in [1.807, 2.05) is 24.3 Å². The fourth-order valence-electron chi connectivity index (χ4n) is 4.74. The second-order valence-electron chi connectivity index (χ2n) is 8.50. The number of benzene rings is 2. The number of imide groups is 1. The average molecular weight is 485 g/mol. The molecule has 2 aliphatic rings. The summed E-state index contributed by atoms with van der Waals surface area (Å²) in [5, 5.41) is 5.42. The summed E-state index contributed by atoms with van der Waals surface area (Å²) in [5.41, 5.74) is 1.46. The molecule has 9 nitrogen and oxygen atoms in total. The third-order valence-electron chi connectivity index (χ3n) is 6.52. The zero-order valence-electron chi connectivity index (χ0n) is 19.4. The van der Waals surface area contributed by atoms with E-state index in [1.165, 1.54) is 10.4 Å². The smallest absolute Gasteiger partial charge is 0.324 e. The van der Waals surface area contributed by atoms with Crippen LogP contribution in [0.5, 0.6) is 0 Å². The molecule has 2 aromatic rings. The number of hydrogen-bond acceptors (Lipinski definition) is 5. The van der Waals surface area contributed by atoms with Crippen molar-refractivity contribution in [3.8, 4) is 0 Å². The Balaban J connectivity index is 1.52. The van der Waals surface area contributed by atoms with Crippen molar-refractivity contribution in [2.24, 2.45) is 0 Å². The zero-order chi connectivity index (χ0) is 24.7. The Labute approximate surface area is 199 Å². The molecule has 180 valence electrons. The van der Waals surface area contributed by atoms with Crippen molar-refractivity contribution in [1.82, 2.24) is 14.5 Å². The van der Waals surface area contributed by atoms with Crippen LogP contribution < -0.4 is 10.6 Å². The van der Waals surface area contributed by atoms with Crippen LogP contribution in [0.2, 0.25) is 0 Å². The summed E-state index contributed by atoms with van der Waals surface area (Å²) in [4.78, 5) is 39.7. The highest BCUT2D eigenvalue weighted by Crippen LogP contribution is 2.41. The Morgan fingerprint density at radius 3 is 2.56 bits per heavy atom. The number of hydrogen-bond donors (Lipinski definition) is 2. The van der Waals surface area contributed by atoms with Crippen molar-refractivity contribution in [3.63, 3.8) is 0 Å². The molecule has 0 saturated carbocycles. The van der Waals surface area contributed by atoms with E-state index in [4.69, 9.17) is 0 Å². The third-order valence-corrected chi connectivity index (χ3v) is 8.71. The molecule has 34 heavy (non-hydrogen) atoms. The maximum atomic E-state index is 13.2. The molecule has 10 heteroatoms. The molecule has 0 aromatic heterocycles. The van der Waals surface area contributed by atoms with E-state index < -0.39 is 40.0 Å². The lowest BCUT2D eigenvalue weighted by molar-refractivity contribution is -0.134. The Morgan fingerprint density at radius 2 is 1.85 bits per heavy atom. The summed E-state index contributed by atoms with van der Waals surface area (Å²) < 4.78 is 27.3. The molecule has 4 amide bonds. The highest BCUT2D eigenvalue weighted by molar-refractivity contribution is 7.89. The number of sulfonamides is 1. The molecule has 2 aromatic carbocycles. The number of nitrogens with zero attached hydrogens (tertiary/aromatic N) is 2. The first kappa shape index (κ1) is 23.9. The van der Waals surface area contributed by atoms with Gasteiger partial charge in [0.1, 0.15) is 12.1 Å². The number of nitrogens with one attached hydrogen (secondary N) is 2. The maximum absolute atomic E-state index is 13.2. The Hall–Kier alpha value is -3.24. The van der Waals surface area contributed by atoms with Gasteiger partial charge in [-0.2, -0.15) is 4.31 Å². The van der Waals surface area contributed by atoms with Crippen LogP contribution in [0, 0.1) is 6.92 Å². The predicted molar refractivity (Wildman–Crippen MR) is 127 cm³/mol. The first-order valence-electron chi connectivity index (χ1n) is 11.3. The largest absolute Gasteiger partial charge is 0.325 e. The van der Waals surface area contributed by atoms with Crippen LogP contribution in [-0.2, 0) is 31.6 Å². The summed E-state index contributed by atoms with van der Waals surface area (Å²) in [7, 11) is -3.72. The molecule has 1 atom stereocenters. The Bertz CT molecular complexity index is 1270. The lowest BCUT2D eigenvalue weighted by atomic mass is 9.92. The van der Waals surface area contributed by atoms with Crippen molar-refractivity contribution in [1.29, 1.82) is 0 Å². The number of amides is 4. The second-order valence-corrected chi connectivity index (χ2v) is 10.4. The van der Waals surface area contributed by atoms with E-state index in [0.29, 0.717) is 31.5 Å². The summed E-state index contributed by atoms with van der Waals surface area (Å²) in [6, 6.07) is 11.5. The molecule has 0 unspecified atom stereocenters. The number of rotatable bonds is 7. The standard InChI is InChI=1S/C24H28N4O5S/c1-4-27(5-2)34(32,33)20-14-18(11-10-16(20)3)25-21(29)15-28-22(30)24(26-23(28)31)13-12-17-8-6-7-9-19(17)24/h6-11,14H,4-5,12-13,15H2,1-3H3,(H,25,29)(H,26,31)/t24-/m0/s1. The van der Waals surface area contributed by atoms with Gasteiger partial charge in [-0.15, -0.1) is 0 Å². The van der Waals surface area contributed by atoms with Crippen molar-refractivity contribution >= 4 is 33.6 Å². The molecule has 0 radical (unpaired) electrons. The lowest BCUT2D eigenvalue weighted by Crippen LogP contribution is -2.43. The molecule has 1 heterocycles. The van der Waals surface area contributed by atoms with Crippen molar-refractivity contribution in [2.75, 3.05) is 25.0 Å². The maximum Gasteiger partial charge on any atom is 0.325 e. The topological polar surface area (TPSA) is 116 Å². The highest BCUT2D eigenvalue weighted by Gasteiger charge is 2.55. The Morgan fingerprint density at radius 1 is 1.15 bits per heavy atom. The van der Waals surface area contributed by atoms with E-state index in [-0.39, 0.29) is 10.6 Å². The van der Waals surface area contributed by atoms with Gasteiger partial charge >= 0.3 is 6.03 Å². The number of urea groups is 1.